The second-order valence-electron chi connectivity index (χ2n) is 7.32. The average Bonchev–Trinajstić information content (AvgIpc) is 2.94. The van der Waals surface area contributed by atoms with Gasteiger partial charge in [0, 0.05) is 31.0 Å². The molecule has 0 aromatic carbocycles. The number of nitrogens with zero attached hydrogens (tertiary/aromatic N) is 1. The molecule has 22 heavy (non-hydrogen) atoms. The van der Waals surface area contributed by atoms with Crippen LogP contribution in [0.2, 0.25) is 0 Å². The molecular formula is C17H29N3O2. The van der Waals surface area contributed by atoms with Crippen LogP contribution in [0.5, 0.6) is 0 Å². The van der Waals surface area contributed by atoms with Gasteiger partial charge >= 0.3 is 0 Å². The molecule has 0 aromatic rings. The van der Waals surface area contributed by atoms with Gasteiger partial charge in [-0.2, -0.15) is 0 Å². The molecule has 1 aliphatic carbocycles. The lowest BCUT2D eigenvalue weighted by Crippen LogP contribution is -2.51. The summed E-state index contributed by atoms with van der Waals surface area (Å²) in [6.07, 6.45) is 6.67. The molecule has 3 fully saturated rings. The number of likely N-dealkylation sites (tertiary alicyclic amines) is 1. The van der Waals surface area contributed by atoms with Crippen LogP contribution >= 0.6 is 0 Å². The maximum absolute atomic E-state index is 12.5. The Kier molecular flexibility index (Phi) is 5.01. The summed E-state index contributed by atoms with van der Waals surface area (Å²) in [6.45, 7) is 5.42. The Balaban J connectivity index is 1.45. The summed E-state index contributed by atoms with van der Waals surface area (Å²) < 4.78 is 0. The first kappa shape index (κ1) is 15.8. The van der Waals surface area contributed by atoms with Gasteiger partial charge in [0.15, 0.2) is 0 Å². The minimum absolute atomic E-state index is 0.0735. The number of carbonyl (C=O) groups is 2. The molecule has 0 spiro atoms. The number of rotatable bonds is 4. The van der Waals surface area contributed by atoms with Crippen molar-refractivity contribution in [3.05, 3.63) is 0 Å². The largest absolute Gasteiger partial charge is 0.351 e. The van der Waals surface area contributed by atoms with Crippen LogP contribution < -0.4 is 10.6 Å². The van der Waals surface area contributed by atoms with Crippen molar-refractivity contribution in [1.82, 2.24) is 15.5 Å². The van der Waals surface area contributed by atoms with Crippen LogP contribution in [-0.2, 0) is 9.59 Å². The SMILES string of the molecule is CC(C(=O)NC1CCN(C(=O)C2CCCCC2)C1)C1CNC1. The van der Waals surface area contributed by atoms with Crippen LogP contribution in [0.1, 0.15) is 45.4 Å². The van der Waals surface area contributed by atoms with Gasteiger partial charge in [0.05, 0.1) is 0 Å². The molecule has 2 saturated heterocycles. The van der Waals surface area contributed by atoms with Gasteiger partial charge in [0.25, 0.3) is 0 Å². The maximum atomic E-state index is 12.5. The lowest BCUT2D eigenvalue weighted by atomic mass is 9.88. The van der Waals surface area contributed by atoms with Gasteiger partial charge in [-0.25, -0.2) is 0 Å². The predicted molar refractivity (Wildman–Crippen MR) is 85.2 cm³/mol. The minimum Gasteiger partial charge on any atom is -0.351 e. The van der Waals surface area contributed by atoms with E-state index >= 15 is 0 Å². The molecular weight excluding hydrogens is 278 g/mol. The van der Waals surface area contributed by atoms with Gasteiger partial charge < -0.3 is 15.5 Å². The molecule has 124 valence electrons. The van der Waals surface area contributed by atoms with Crippen LogP contribution in [0.25, 0.3) is 0 Å². The summed E-state index contributed by atoms with van der Waals surface area (Å²) in [4.78, 5) is 26.8. The van der Waals surface area contributed by atoms with Gasteiger partial charge in [-0.3, -0.25) is 9.59 Å². The van der Waals surface area contributed by atoms with Gasteiger partial charge in [-0.05, 0) is 38.3 Å². The van der Waals surface area contributed by atoms with Crippen molar-refractivity contribution in [3.63, 3.8) is 0 Å². The molecule has 2 N–H and O–H groups in total. The number of carbonyl (C=O) groups excluding carboxylic acids is 2. The molecule has 3 aliphatic rings. The van der Waals surface area contributed by atoms with Crippen molar-refractivity contribution in [2.24, 2.45) is 17.8 Å². The molecule has 0 bridgehead atoms. The van der Waals surface area contributed by atoms with Gasteiger partial charge in [-0.15, -0.1) is 0 Å². The Hall–Kier alpha value is -1.10. The first-order valence-electron chi connectivity index (χ1n) is 8.95. The lowest BCUT2D eigenvalue weighted by molar-refractivity contribution is -0.136. The second kappa shape index (κ2) is 6.99. The topological polar surface area (TPSA) is 61.4 Å². The lowest BCUT2D eigenvalue weighted by Gasteiger charge is -2.32. The first-order valence-corrected chi connectivity index (χ1v) is 8.95. The zero-order valence-corrected chi connectivity index (χ0v) is 13.6. The Labute approximate surface area is 133 Å². The summed E-state index contributed by atoms with van der Waals surface area (Å²) in [5, 5.41) is 6.37. The van der Waals surface area contributed by atoms with Crippen molar-refractivity contribution in [2.45, 2.75) is 51.5 Å². The van der Waals surface area contributed by atoms with Crippen molar-refractivity contribution in [1.29, 1.82) is 0 Å². The van der Waals surface area contributed by atoms with Crippen molar-refractivity contribution < 1.29 is 9.59 Å². The fourth-order valence-electron chi connectivity index (χ4n) is 3.90. The third-order valence-corrected chi connectivity index (χ3v) is 5.73. The summed E-state index contributed by atoms with van der Waals surface area (Å²) in [6, 6.07) is 0.149. The summed E-state index contributed by atoms with van der Waals surface area (Å²) >= 11 is 0. The second-order valence-corrected chi connectivity index (χ2v) is 7.32. The van der Waals surface area contributed by atoms with Crippen molar-refractivity contribution in [3.8, 4) is 0 Å². The molecule has 2 amide bonds. The summed E-state index contributed by atoms with van der Waals surface area (Å²) in [7, 11) is 0. The number of hydrogen-bond donors (Lipinski definition) is 2. The summed E-state index contributed by atoms with van der Waals surface area (Å²) in [5.41, 5.74) is 0. The molecule has 3 rings (SSSR count). The van der Waals surface area contributed by atoms with Gasteiger partial charge in [-0.1, -0.05) is 26.2 Å². The Morgan fingerprint density at radius 3 is 2.50 bits per heavy atom. The molecule has 1 saturated carbocycles. The molecule has 0 radical (unpaired) electrons. The molecule has 2 atom stereocenters. The van der Waals surface area contributed by atoms with E-state index in [-0.39, 0.29) is 23.8 Å². The molecule has 2 heterocycles. The van der Waals surface area contributed by atoms with Gasteiger partial charge in [0.1, 0.15) is 0 Å². The third-order valence-electron chi connectivity index (χ3n) is 5.73. The fourth-order valence-corrected chi connectivity index (χ4v) is 3.90. The highest BCUT2D eigenvalue weighted by molar-refractivity contribution is 5.81. The van der Waals surface area contributed by atoms with Crippen molar-refractivity contribution >= 4 is 11.8 Å². The summed E-state index contributed by atoms with van der Waals surface area (Å²) in [5.74, 6) is 1.27. The Morgan fingerprint density at radius 2 is 1.86 bits per heavy atom. The van der Waals surface area contributed by atoms with E-state index in [0.717, 1.165) is 38.9 Å². The highest BCUT2D eigenvalue weighted by Gasteiger charge is 2.34. The Bertz CT molecular complexity index is 416. The van der Waals surface area contributed by atoms with E-state index in [0.29, 0.717) is 18.4 Å². The smallest absolute Gasteiger partial charge is 0.225 e. The van der Waals surface area contributed by atoms with E-state index in [1.54, 1.807) is 0 Å². The predicted octanol–water partition coefficient (Wildman–Crippen LogP) is 1.14. The fraction of sp³-hybridized carbons (Fsp3) is 0.882. The van der Waals surface area contributed by atoms with Crippen LogP contribution in [0.15, 0.2) is 0 Å². The molecule has 5 heteroatoms. The molecule has 2 unspecified atom stereocenters. The zero-order chi connectivity index (χ0) is 15.5. The Morgan fingerprint density at radius 1 is 1.14 bits per heavy atom. The van der Waals surface area contributed by atoms with Crippen LogP contribution in [0.3, 0.4) is 0 Å². The number of amides is 2. The van der Waals surface area contributed by atoms with E-state index in [1.165, 1.54) is 19.3 Å². The quantitative estimate of drug-likeness (QED) is 0.819. The van der Waals surface area contributed by atoms with Crippen LogP contribution in [0, 0.1) is 17.8 Å². The normalized spacial score (nSPS) is 28.2. The van der Waals surface area contributed by atoms with Crippen LogP contribution in [-0.4, -0.2) is 48.9 Å². The number of nitrogens with one attached hydrogen (secondary N) is 2. The monoisotopic (exact) mass is 307 g/mol. The first-order chi connectivity index (χ1) is 10.6. The van der Waals surface area contributed by atoms with Crippen molar-refractivity contribution in [2.75, 3.05) is 26.2 Å². The molecule has 2 aliphatic heterocycles. The maximum Gasteiger partial charge on any atom is 0.225 e. The standard InChI is InChI=1S/C17H29N3O2/c1-12(14-9-18-10-14)16(21)19-15-7-8-20(11-15)17(22)13-5-3-2-4-6-13/h12-15,18H,2-11H2,1H3,(H,19,21). The van der Waals surface area contributed by atoms with Crippen LogP contribution in [0.4, 0.5) is 0 Å². The molecule has 5 nitrogen and oxygen atoms in total. The highest BCUT2D eigenvalue weighted by atomic mass is 16.2. The minimum atomic E-state index is 0.0735. The zero-order valence-electron chi connectivity index (χ0n) is 13.6. The van der Waals surface area contributed by atoms with E-state index < -0.39 is 0 Å². The highest BCUT2D eigenvalue weighted by Crippen LogP contribution is 2.27. The van der Waals surface area contributed by atoms with E-state index in [1.807, 2.05) is 11.8 Å². The number of hydrogen-bond acceptors (Lipinski definition) is 3. The van der Waals surface area contributed by atoms with E-state index in [2.05, 4.69) is 10.6 Å². The van der Waals surface area contributed by atoms with Gasteiger partial charge in [0.2, 0.25) is 11.8 Å². The van der Waals surface area contributed by atoms with E-state index in [9.17, 15) is 9.59 Å². The van der Waals surface area contributed by atoms with E-state index in [4.69, 9.17) is 0 Å². The molecule has 0 aromatic heterocycles. The average molecular weight is 307 g/mol. The third kappa shape index (κ3) is 3.45.